The van der Waals surface area contributed by atoms with E-state index in [2.05, 4.69) is 28.8 Å². The Morgan fingerprint density at radius 1 is 0.944 bits per heavy atom. The molecule has 0 heterocycles. The van der Waals surface area contributed by atoms with Crippen molar-refractivity contribution >= 4 is 11.9 Å². The zero-order valence-corrected chi connectivity index (χ0v) is 19.1. The summed E-state index contributed by atoms with van der Waals surface area (Å²) in [7, 11) is 0. The second kappa shape index (κ2) is 12.0. The first kappa shape index (κ1) is 26.4. The number of alkyl halides is 3. The maximum atomic E-state index is 12.3. The van der Waals surface area contributed by atoms with Gasteiger partial charge in [0.05, 0.1) is 11.6 Å². The lowest BCUT2D eigenvalue weighted by atomic mass is 10.1. The Balaban J connectivity index is 0.000000454. The van der Waals surface area contributed by atoms with Crippen LogP contribution in [0.5, 0.6) is 0 Å². The van der Waals surface area contributed by atoms with Crippen LogP contribution in [-0.4, -0.2) is 29.2 Å². The normalized spacial score (nSPS) is 16.2. The monoisotopic (exact) mass is 495 g/mol. The smallest absolute Gasteiger partial charge is 0.475 e. The van der Waals surface area contributed by atoms with Gasteiger partial charge in [-0.25, -0.2) is 4.79 Å². The highest BCUT2D eigenvalue weighted by atomic mass is 19.4. The molecule has 1 amide bonds. The Labute approximate surface area is 206 Å². The lowest BCUT2D eigenvalue weighted by Gasteiger charge is -2.07. The van der Waals surface area contributed by atoms with E-state index in [0.717, 1.165) is 24.1 Å². The van der Waals surface area contributed by atoms with Gasteiger partial charge < -0.3 is 15.7 Å². The maximum Gasteiger partial charge on any atom is 0.490 e. The number of halogens is 3. The summed E-state index contributed by atoms with van der Waals surface area (Å²) in [6, 6.07) is 28.1. The van der Waals surface area contributed by atoms with E-state index in [1.165, 1.54) is 5.56 Å². The van der Waals surface area contributed by atoms with Crippen LogP contribution in [0.15, 0.2) is 78.9 Å². The van der Waals surface area contributed by atoms with Crippen LogP contribution in [0.25, 0.3) is 0 Å². The molecule has 0 bridgehead atoms. The molecular weight excluding hydrogens is 471 g/mol. The summed E-state index contributed by atoms with van der Waals surface area (Å²) in [6.45, 7) is 1.29. The molecule has 36 heavy (non-hydrogen) atoms. The maximum absolute atomic E-state index is 12.3. The van der Waals surface area contributed by atoms with Crippen LogP contribution < -0.4 is 10.6 Å². The first-order valence-corrected chi connectivity index (χ1v) is 11.1. The van der Waals surface area contributed by atoms with E-state index >= 15 is 0 Å². The Kier molecular flexibility index (Phi) is 8.81. The summed E-state index contributed by atoms with van der Waals surface area (Å²) in [5.41, 5.74) is 4.85. The minimum Gasteiger partial charge on any atom is -0.475 e. The number of aliphatic carboxylic acids is 1. The van der Waals surface area contributed by atoms with Crippen LogP contribution in [0.2, 0.25) is 0 Å². The largest absolute Gasteiger partial charge is 0.490 e. The number of carboxylic acids is 1. The lowest BCUT2D eigenvalue weighted by molar-refractivity contribution is -0.192. The number of carboxylic acid groups (broad SMARTS) is 1. The van der Waals surface area contributed by atoms with Gasteiger partial charge in [-0.3, -0.25) is 4.79 Å². The number of nitrogens with zero attached hydrogens (tertiary/aromatic N) is 1. The van der Waals surface area contributed by atoms with Gasteiger partial charge in [-0.1, -0.05) is 54.6 Å². The molecule has 0 aromatic heterocycles. The Morgan fingerprint density at radius 3 is 2.19 bits per heavy atom. The molecule has 3 aromatic rings. The van der Waals surface area contributed by atoms with Gasteiger partial charge >= 0.3 is 12.1 Å². The third kappa shape index (κ3) is 7.96. The van der Waals surface area contributed by atoms with Gasteiger partial charge in [0.2, 0.25) is 0 Å². The number of carbonyl (C=O) groups excluding carboxylic acids is 1. The standard InChI is InChI=1S/C25H23N3O.C2HF3O2/c26-15-19-7-4-8-20(13-19)17-27-24-14-23(24)21-9-11-22(12-10-21)25(29)28-16-18-5-2-1-3-6-18;3-2(4,5)1(6)7/h1-13,23-24,27H,14,16-17H2,(H,28,29);(H,6,7)/t23-,24+;/m0./s1. The van der Waals surface area contributed by atoms with E-state index in [-0.39, 0.29) is 5.91 Å². The zero-order valence-electron chi connectivity index (χ0n) is 19.1. The molecule has 1 aliphatic rings. The van der Waals surface area contributed by atoms with E-state index in [1.807, 2.05) is 66.7 Å². The van der Waals surface area contributed by atoms with Gasteiger partial charge in [0.25, 0.3) is 5.91 Å². The molecule has 1 saturated carbocycles. The van der Waals surface area contributed by atoms with Gasteiger partial charge in [-0.05, 0) is 47.4 Å². The van der Waals surface area contributed by atoms with Gasteiger partial charge in [0.15, 0.2) is 0 Å². The molecule has 0 radical (unpaired) electrons. The van der Waals surface area contributed by atoms with E-state index in [4.69, 9.17) is 15.2 Å². The topological polar surface area (TPSA) is 102 Å². The van der Waals surface area contributed by atoms with E-state index in [0.29, 0.717) is 29.6 Å². The van der Waals surface area contributed by atoms with Crippen LogP contribution in [-0.2, 0) is 17.9 Å². The second-order valence-electron chi connectivity index (χ2n) is 8.23. The highest BCUT2D eigenvalue weighted by Crippen LogP contribution is 2.41. The highest BCUT2D eigenvalue weighted by molar-refractivity contribution is 5.94. The fourth-order valence-corrected chi connectivity index (χ4v) is 3.55. The number of carbonyl (C=O) groups is 2. The predicted molar refractivity (Wildman–Crippen MR) is 127 cm³/mol. The van der Waals surface area contributed by atoms with Crippen molar-refractivity contribution in [3.05, 3.63) is 107 Å². The SMILES string of the molecule is N#Cc1cccc(CN[C@@H]2C[C@H]2c2ccc(C(=O)NCc3ccccc3)cc2)c1.O=C(O)C(F)(F)F. The van der Waals surface area contributed by atoms with Gasteiger partial charge in [-0.2, -0.15) is 18.4 Å². The second-order valence-corrected chi connectivity index (χ2v) is 8.23. The summed E-state index contributed by atoms with van der Waals surface area (Å²) >= 11 is 0. The van der Waals surface area contributed by atoms with Crippen molar-refractivity contribution in [1.29, 1.82) is 5.26 Å². The van der Waals surface area contributed by atoms with Crippen LogP contribution in [0.4, 0.5) is 13.2 Å². The third-order valence-electron chi connectivity index (χ3n) is 5.55. The third-order valence-corrected chi connectivity index (χ3v) is 5.55. The summed E-state index contributed by atoms with van der Waals surface area (Å²) in [5.74, 6) is -2.33. The number of rotatable bonds is 7. The predicted octanol–water partition coefficient (Wildman–Crippen LogP) is 4.77. The average molecular weight is 496 g/mol. The molecule has 0 spiro atoms. The molecule has 3 aromatic carbocycles. The molecule has 0 aliphatic heterocycles. The first-order chi connectivity index (χ1) is 17.2. The number of nitriles is 1. The minimum atomic E-state index is -5.08. The molecule has 0 saturated heterocycles. The molecule has 1 fully saturated rings. The van der Waals surface area contributed by atoms with Crippen molar-refractivity contribution in [1.82, 2.24) is 10.6 Å². The molecule has 0 unspecified atom stereocenters. The van der Waals surface area contributed by atoms with Crippen molar-refractivity contribution in [2.45, 2.75) is 37.6 Å². The van der Waals surface area contributed by atoms with Crippen molar-refractivity contribution in [2.75, 3.05) is 0 Å². The zero-order chi connectivity index (χ0) is 26.1. The van der Waals surface area contributed by atoms with Gasteiger partial charge in [0, 0.05) is 30.6 Å². The van der Waals surface area contributed by atoms with Crippen molar-refractivity contribution in [3.8, 4) is 6.07 Å². The van der Waals surface area contributed by atoms with Crippen LogP contribution >= 0.6 is 0 Å². The molecule has 3 N–H and O–H groups in total. The average Bonchev–Trinajstić information content (AvgIpc) is 3.66. The number of hydrogen-bond acceptors (Lipinski definition) is 4. The molecule has 186 valence electrons. The Morgan fingerprint density at radius 2 is 1.58 bits per heavy atom. The number of amides is 1. The number of benzene rings is 3. The minimum absolute atomic E-state index is 0.0525. The quantitative estimate of drug-likeness (QED) is 0.438. The lowest BCUT2D eigenvalue weighted by Crippen LogP contribution is -2.22. The molecule has 6 nitrogen and oxygen atoms in total. The summed E-state index contributed by atoms with van der Waals surface area (Å²) in [5, 5.41) is 22.6. The Bertz CT molecular complexity index is 1220. The molecule has 9 heteroatoms. The highest BCUT2D eigenvalue weighted by Gasteiger charge is 2.38. The van der Waals surface area contributed by atoms with E-state index < -0.39 is 12.1 Å². The van der Waals surface area contributed by atoms with E-state index in [1.54, 1.807) is 0 Å². The fraction of sp³-hybridized carbons (Fsp3) is 0.222. The van der Waals surface area contributed by atoms with Crippen molar-refractivity contribution < 1.29 is 27.9 Å². The van der Waals surface area contributed by atoms with Gasteiger partial charge in [0.1, 0.15) is 0 Å². The van der Waals surface area contributed by atoms with Crippen LogP contribution in [0.3, 0.4) is 0 Å². The number of nitrogens with one attached hydrogen (secondary N) is 2. The summed E-state index contributed by atoms with van der Waals surface area (Å²) in [6.07, 6.45) is -3.99. The molecule has 2 atom stereocenters. The van der Waals surface area contributed by atoms with Crippen LogP contribution in [0, 0.1) is 11.3 Å². The molecule has 1 aliphatic carbocycles. The molecule has 4 rings (SSSR count). The van der Waals surface area contributed by atoms with Gasteiger partial charge in [-0.15, -0.1) is 0 Å². The first-order valence-electron chi connectivity index (χ1n) is 11.1. The summed E-state index contributed by atoms with van der Waals surface area (Å²) in [4.78, 5) is 21.2. The van der Waals surface area contributed by atoms with Crippen LogP contribution in [0.1, 0.15) is 45.0 Å². The Hall–Kier alpha value is -4.16. The van der Waals surface area contributed by atoms with Crippen molar-refractivity contribution in [3.63, 3.8) is 0 Å². The fourth-order valence-electron chi connectivity index (χ4n) is 3.55. The molecular formula is C27H24F3N3O3. The number of hydrogen-bond donors (Lipinski definition) is 3. The van der Waals surface area contributed by atoms with E-state index in [9.17, 15) is 18.0 Å². The van der Waals surface area contributed by atoms with Crippen molar-refractivity contribution in [2.24, 2.45) is 0 Å². The summed E-state index contributed by atoms with van der Waals surface area (Å²) < 4.78 is 31.7.